The molecule has 0 aromatic carbocycles. The standard InChI is InChI=1S/C7H13NO3S/c1-11-6-4-12(9,10)7-3-8-2-5(6)7/h5-8H,2-4H2,1H3/t5-,6+,7-/m1/s1. The highest BCUT2D eigenvalue weighted by molar-refractivity contribution is 7.92. The molecule has 1 N–H and O–H groups in total. The molecule has 3 atom stereocenters. The normalized spacial score (nSPS) is 44.6. The first kappa shape index (κ1) is 8.47. The number of ether oxygens (including phenoxy) is 1. The van der Waals surface area contributed by atoms with Crippen molar-refractivity contribution in [1.82, 2.24) is 5.32 Å². The monoisotopic (exact) mass is 191 g/mol. The third-order valence-electron chi connectivity index (χ3n) is 2.84. The van der Waals surface area contributed by atoms with Crippen molar-refractivity contribution in [1.29, 1.82) is 0 Å². The van der Waals surface area contributed by atoms with Crippen LogP contribution in [0.4, 0.5) is 0 Å². The van der Waals surface area contributed by atoms with Crippen LogP contribution < -0.4 is 5.32 Å². The average Bonchev–Trinajstić information content (AvgIpc) is 2.54. The summed E-state index contributed by atoms with van der Waals surface area (Å²) in [5.41, 5.74) is 0. The summed E-state index contributed by atoms with van der Waals surface area (Å²) in [6.07, 6.45) is -0.0880. The van der Waals surface area contributed by atoms with Gasteiger partial charge in [-0.1, -0.05) is 0 Å². The van der Waals surface area contributed by atoms with Crippen LogP contribution in [-0.2, 0) is 14.6 Å². The molecule has 70 valence electrons. The number of hydrogen-bond acceptors (Lipinski definition) is 4. The first-order chi connectivity index (χ1) is 5.65. The van der Waals surface area contributed by atoms with E-state index in [0.717, 1.165) is 6.54 Å². The van der Waals surface area contributed by atoms with Crippen molar-refractivity contribution < 1.29 is 13.2 Å². The average molecular weight is 191 g/mol. The summed E-state index contributed by atoms with van der Waals surface area (Å²) in [5.74, 6) is 0.389. The maximum Gasteiger partial charge on any atom is 0.157 e. The Labute approximate surface area is 72.2 Å². The van der Waals surface area contributed by atoms with Crippen LogP contribution in [0, 0.1) is 5.92 Å². The first-order valence-electron chi connectivity index (χ1n) is 4.10. The highest BCUT2D eigenvalue weighted by Crippen LogP contribution is 2.31. The fraction of sp³-hybridized carbons (Fsp3) is 1.00. The van der Waals surface area contributed by atoms with E-state index in [0.29, 0.717) is 6.54 Å². The second kappa shape index (κ2) is 2.68. The van der Waals surface area contributed by atoms with Crippen molar-refractivity contribution in [2.75, 3.05) is 26.0 Å². The van der Waals surface area contributed by atoms with Crippen molar-refractivity contribution in [3.05, 3.63) is 0 Å². The Morgan fingerprint density at radius 2 is 2.17 bits per heavy atom. The minimum Gasteiger partial charge on any atom is -0.380 e. The Morgan fingerprint density at radius 1 is 1.42 bits per heavy atom. The van der Waals surface area contributed by atoms with Crippen molar-refractivity contribution >= 4 is 9.84 Å². The Balaban J connectivity index is 2.28. The molecule has 0 unspecified atom stereocenters. The lowest BCUT2D eigenvalue weighted by Crippen LogP contribution is -2.25. The van der Waals surface area contributed by atoms with Gasteiger partial charge in [0.2, 0.25) is 0 Å². The van der Waals surface area contributed by atoms with E-state index in [9.17, 15) is 8.42 Å². The maximum absolute atomic E-state index is 11.5. The van der Waals surface area contributed by atoms with E-state index in [2.05, 4.69) is 5.32 Å². The summed E-state index contributed by atoms with van der Waals surface area (Å²) in [6, 6.07) is 0. The van der Waals surface area contributed by atoms with Gasteiger partial charge >= 0.3 is 0 Å². The molecule has 12 heavy (non-hydrogen) atoms. The molecule has 0 saturated carbocycles. The summed E-state index contributed by atoms with van der Waals surface area (Å²) >= 11 is 0. The SMILES string of the molecule is CO[C@H]1CS(=O)(=O)[C@@H]2CNC[C@H]12. The van der Waals surface area contributed by atoms with Crippen molar-refractivity contribution in [2.45, 2.75) is 11.4 Å². The number of sulfone groups is 1. The third-order valence-corrected chi connectivity index (χ3v) is 5.07. The van der Waals surface area contributed by atoms with Crippen LogP contribution in [0.3, 0.4) is 0 Å². The van der Waals surface area contributed by atoms with Crippen LogP contribution in [-0.4, -0.2) is 45.7 Å². The second-order valence-corrected chi connectivity index (χ2v) is 5.73. The van der Waals surface area contributed by atoms with Gasteiger partial charge in [-0.3, -0.25) is 0 Å². The summed E-state index contributed by atoms with van der Waals surface area (Å²) in [4.78, 5) is 0. The zero-order valence-corrected chi connectivity index (χ0v) is 7.80. The van der Waals surface area contributed by atoms with Crippen LogP contribution in [0.2, 0.25) is 0 Å². The van der Waals surface area contributed by atoms with Gasteiger partial charge in [-0.15, -0.1) is 0 Å². The number of methoxy groups -OCH3 is 1. The summed E-state index contributed by atoms with van der Waals surface area (Å²) in [7, 11) is -1.29. The number of rotatable bonds is 1. The van der Waals surface area contributed by atoms with Gasteiger partial charge in [-0.25, -0.2) is 8.42 Å². The highest BCUT2D eigenvalue weighted by atomic mass is 32.2. The Bertz CT molecular complexity index is 274. The molecule has 2 aliphatic rings. The van der Waals surface area contributed by atoms with E-state index in [4.69, 9.17) is 4.74 Å². The third kappa shape index (κ3) is 1.08. The van der Waals surface area contributed by atoms with Crippen LogP contribution >= 0.6 is 0 Å². The molecule has 2 rings (SSSR count). The molecule has 0 aliphatic carbocycles. The van der Waals surface area contributed by atoms with E-state index < -0.39 is 9.84 Å². The van der Waals surface area contributed by atoms with Crippen LogP contribution in [0.25, 0.3) is 0 Å². The molecule has 2 aliphatic heterocycles. The minimum absolute atomic E-state index is 0.0880. The van der Waals surface area contributed by atoms with E-state index in [-0.39, 0.29) is 23.0 Å². The van der Waals surface area contributed by atoms with Gasteiger partial charge in [0, 0.05) is 26.1 Å². The van der Waals surface area contributed by atoms with Gasteiger partial charge in [0.1, 0.15) is 0 Å². The lowest BCUT2D eigenvalue weighted by atomic mass is 10.0. The van der Waals surface area contributed by atoms with Gasteiger partial charge in [-0.05, 0) is 0 Å². The number of fused-ring (bicyclic) bond motifs is 1. The summed E-state index contributed by atoms with van der Waals surface area (Å²) in [6.45, 7) is 1.38. The van der Waals surface area contributed by atoms with Crippen LogP contribution in [0.15, 0.2) is 0 Å². The fourth-order valence-corrected chi connectivity index (χ4v) is 4.42. The van der Waals surface area contributed by atoms with Gasteiger partial charge < -0.3 is 10.1 Å². The van der Waals surface area contributed by atoms with E-state index >= 15 is 0 Å². The molecule has 5 heteroatoms. The molecule has 0 bridgehead atoms. The van der Waals surface area contributed by atoms with Gasteiger partial charge in [0.25, 0.3) is 0 Å². The molecular weight excluding hydrogens is 178 g/mol. The Kier molecular flexibility index (Phi) is 1.89. The second-order valence-electron chi connectivity index (χ2n) is 3.46. The Morgan fingerprint density at radius 3 is 2.83 bits per heavy atom. The molecule has 2 heterocycles. The van der Waals surface area contributed by atoms with Crippen molar-refractivity contribution in [3.8, 4) is 0 Å². The van der Waals surface area contributed by atoms with Gasteiger partial charge in [-0.2, -0.15) is 0 Å². The van der Waals surface area contributed by atoms with E-state index in [1.807, 2.05) is 0 Å². The van der Waals surface area contributed by atoms with Crippen LogP contribution in [0.5, 0.6) is 0 Å². The molecule has 2 fully saturated rings. The molecule has 0 aromatic rings. The topological polar surface area (TPSA) is 55.4 Å². The molecule has 0 aromatic heterocycles. The van der Waals surface area contributed by atoms with Crippen LogP contribution in [0.1, 0.15) is 0 Å². The number of nitrogens with one attached hydrogen (secondary N) is 1. The molecule has 0 spiro atoms. The molecular formula is C7H13NO3S. The van der Waals surface area contributed by atoms with Crippen molar-refractivity contribution in [2.24, 2.45) is 5.92 Å². The molecule has 2 saturated heterocycles. The van der Waals surface area contributed by atoms with Crippen molar-refractivity contribution in [3.63, 3.8) is 0 Å². The lowest BCUT2D eigenvalue weighted by molar-refractivity contribution is 0.0863. The highest BCUT2D eigenvalue weighted by Gasteiger charge is 2.49. The predicted molar refractivity (Wildman–Crippen MR) is 44.7 cm³/mol. The fourth-order valence-electron chi connectivity index (χ4n) is 2.16. The maximum atomic E-state index is 11.5. The first-order valence-corrected chi connectivity index (χ1v) is 5.82. The quantitative estimate of drug-likeness (QED) is 0.578. The van der Waals surface area contributed by atoms with Gasteiger partial charge in [0.05, 0.1) is 17.1 Å². The molecule has 0 amide bonds. The van der Waals surface area contributed by atoms with E-state index in [1.54, 1.807) is 7.11 Å². The smallest absolute Gasteiger partial charge is 0.157 e. The Hall–Kier alpha value is -0.130. The summed E-state index contributed by atoms with van der Waals surface area (Å²) in [5, 5.41) is 2.89. The number of hydrogen-bond donors (Lipinski definition) is 1. The molecule has 4 nitrogen and oxygen atoms in total. The summed E-state index contributed by atoms with van der Waals surface area (Å²) < 4.78 is 28.1. The van der Waals surface area contributed by atoms with Gasteiger partial charge in [0.15, 0.2) is 9.84 Å². The predicted octanol–water partition coefficient (Wildman–Crippen LogP) is -0.982. The molecule has 0 radical (unpaired) electrons. The van der Waals surface area contributed by atoms with E-state index in [1.165, 1.54) is 0 Å². The largest absolute Gasteiger partial charge is 0.380 e. The zero-order valence-electron chi connectivity index (χ0n) is 6.99. The zero-order chi connectivity index (χ0) is 8.77. The minimum atomic E-state index is -2.87. The lowest BCUT2D eigenvalue weighted by Gasteiger charge is -2.12.